The molecule has 1 heterocycles. The SMILES string of the molecule is O=P1([O-])OC(F)C(F)(F)O1. The third-order valence-corrected chi connectivity index (χ3v) is 1.63. The molecule has 60 valence electrons. The Morgan fingerprint density at radius 3 is 2.20 bits per heavy atom. The van der Waals surface area contributed by atoms with Crippen LogP contribution in [-0.2, 0) is 13.6 Å². The third kappa shape index (κ3) is 1.32. The fourth-order valence-electron chi connectivity index (χ4n) is 0.387. The zero-order valence-corrected chi connectivity index (χ0v) is 5.19. The molecule has 0 aromatic heterocycles. The van der Waals surface area contributed by atoms with E-state index in [1.165, 1.54) is 0 Å². The fourth-order valence-corrected chi connectivity index (χ4v) is 1.16. The first-order valence-electron chi connectivity index (χ1n) is 2.05. The van der Waals surface area contributed by atoms with Crippen molar-refractivity contribution in [2.75, 3.05) is 0 Å². The van der Waals surface area contributed by atoms with E-state index in [-0.39, 0.29) is 0 Å². The average Bonchev–Trinajstić information content (AvgIpc) is 1.73. The molecule has 10 heavy (non-hydrogen) atoms. The Balaban J connectivity index is 2.81. The Bertz CT molecular complexity index is 193. The highest BCUT2D eigenvalue weighted by atomic mass is 31.2. The predicted molar refractivity (Wildman–Crippen MR) is 19.6 cm³/mol. The Hall–Kier alpha value is -0.100. The molecule has 0 aromatic carbocycles. The largest absolute Gasteiger partial charge is 0.756 e. The van der Waals surface area contributed by atoms with Crippen molar-refractivity contribution in [2.24, 2.45) is 0 Å². The molecule has 0 spiro atoms. The lowest BCUT2D eigenvalue weighted by molar-refractivity contribution is -0.246. The second-order valence-electron chi connectivity index (χ2n) is 1.52. The van der Waals surface area contributed by atoms with Gasteiger partial charge in [-0.1, -0.05) is 0 Å². The molecule has 4 nitrogen and oxygen atoms in total. The molecule has 1 rings (SSSR count). The minimum atomic E-state index is -5.10. The number of rotatable bonds is 0. The maximum absolute atomic E-state index is 11.7. The molecule has 1 aliphatic rings. The minimum Gasteiger partial charge on any atom is -0.756 e. The van der Waals surface area contributed by atoms with E-state index in [4.69, 9.17) is 0 Å². The maximum Gasteiger partial charge on any atom is 0.418 e. The number of halogens is 3. The van der Waals surface area contributed by atoms with Crippen molar-refractivity contribution in [1.82, 2.24) is 0 Å². The van der Waals surface area contributed by atoms with Crippen molar-refractivity contribution in [3.63, 3.8) is 0 Å². The van der Waals surface area contributed by atoms with E-state index in [1.54, 1.807) is 0 Å². The van der Waals surface area contributed by atoms with Gasteiger partial charge in [0.25, 0.3) is 14.2 Å². The molecule has 8 heteroatoms. The lowest BCUT2D eigenvalue weighted by atomic mass is 10.6. The zero-order chi connectivity index (χ0) is 7.99. The van der Waals surface area contributed by atoms with E-state index in [9.17, 15) is 22.6 Å². The molecule has 2 atom stereocenters. The maximum atomic E-state index is 11.7. The van der Waals surface area contributed by atoms with E-state index in [1.807, 2.05) is 0 Å². The summed E-state index contributed by atoms with van der Waals surface area (Å²) in [5.41, 5.74) is 0. The lowest BCUT2D eigenvalue weighted by Crippen LogP contribution is -2.25. The van der Waals surface area contributed by atoms with Crippen molar-refractivity contribution in [1.29, 1.82) is 0 Å². The summed E-state index contributed by atoms with van der Waals surface area (Å²) >= 11 is 0. The van der Waals surface area contributed by atoms with Crippen LogP contribution in [0.3, 0.4) is 0 Å². The second-order valence-corrected chi connectivity index (χ2v) is 2.81. The van der Waals surface area contributed by atoms with Gasteiger partial charge < -0.3 is 4.89 Å². The number of hydrogen-bond donors (Lipinski definition) is 0. The van der Waals surface area contributed by atoms with Crippen molar-refractivity contribution in [2.45, 2.75) is 12.5 Å². The van der Waals surface area contributed by atoms with Gasteiger partial charge in [-0.15, -0.1) is 0 Å². The van der Waals surface area contributed by atoms with Gasteiger partial charge >= 0.3 is 6.11 Å². The van der Waals surface area contributed by atoms with Crippen LogP contribution in [-0.4, -0.2) is 12.5 Å². The number of alkyl halides is 3. The molecule has 0 N–H and O–H groups in total. The normalized spacial score (nSPS) is 45.8. The Kier molecular flexibility index (Phi) is 1.56. The van der Waals surface area contributed by atoms with Gasteiger partial charge in [0.1, 0.15) is 0 Å². The molecule has 0 aromatic rings. The van der Waals surface area contributed by atoms with Crippen LogP contribution in [0, 0.1) is 0 Å². The lowest BCUT2D eigenvalue weighted by Gasteiger charge is -2.11. The van der Waals surface area contributed by atoms with Crippen LogP contribution in [0.2, 0.25) is 0 Å². The molecule has 0 radical (unpaired) electrons. The topological polar surface area (TPSA) is 58.6 Å². The first-order valence-corrected chi connectivity index (χ1v) is 3.52. The second kappa shape index (κ2) is 1.94. The molecular weight excluding hydrogens is 176 g/mol. The summed E-state index contributed by atoms with van der Waals surface area (Å²) in [6, 6.07) is 0. The van der Waals surface area contributed by atoms with E-state index in [0.717, 1.165) is 0 Å². The third-order valence-electron chi connectivity index (χ3n) is 0.719. The average molecular weight is 177 g/mol. The van der Waals surface area contributed by atoms with Crippen molar-refractivity contribution >= 4 is 7.82 Å². The first-order chi connectivity index (χ1) is 4.33. The zero-order valence-electron chi connectivity index (χ0n) is 4.29. The quantitative estimate of drug-likeness (QED) is 0.502. The van der Waals surface area contributed by atoms with Crippen LogP contribution in [0.15, 0.2) is 0 Å². The summed E-state index contributed by atoms with van der Waals surface area (Å²) in [5.74, 6) is 0. The van der Waals surface area contributed by atoms with E-state index >= 15 is 0 Å². The Morgan fingerprint density at radius 1 is 1.60 bits per heavy atom. The summed E-state index contributed by atoms with van der Waals surface area (Å²) in [7, 11) is -5.10. The van der Waals surface area contributed by atoms with Crippen molar-refractivity contribution in [3.05, 3.63) is 0 Å². The number of phosphoric ester groups is 1. The van der Waals surface area contributed by atoms with Gasteiger partial charge in [0.2, 0.25) is 0 Å². The van der Waals surface area contributed by atoms with Gasteiger partial charge in [-0.3, -0.25) is 9.09 Å². The van der Waals surface area contributed by atoms with Crippen LogP contribution in [0.5, 0.6) is 0 Å². The predicted octanol–water partition coefficient (Wildman–Crippen LogP) is 0.390. The highest BCUT2D eigenvalue weighted by Crippen LogP contribution is 2.55. The fraction of sp³-hybridized carbons (Fsp3) is 1.00. The van der Waals surface area contributed by atoms with E-state index in [2.05, 4.69) is 9.05 Å². The van der Waals surface area contributed by atoms with Crippen molar-refractivity contribution < 1.29 is 31.7 Å². The standard InChI is InChI=1S/C2H2F3O4P/c3-1-2(4,5)9-10(6,7)8-1/h1H,(H,6,7)/p-1. The molecule has 0 aliphatic carbocycles. The molecule has 0 bridgehead atoms. The van der Waals surface area contributed by atoms with Crippen LogP contribution in [0.25, 0.3) is 0 Å². The molecule has 1 aliphatic heterocycles. The van der Waals surface area contributed by atoms with Gasteiger partial charge in [-0.05, 0) is 0 Å². The summed E-state index contributed by atoms with van der Waals surface area (Å²) in [5, 5.41) is 0. The van der Waals surface area contributed by atoms with E-state index < -0.39 is 20.3 Å². The van der Waals surface area contributed by atoms with Crippen molar-refractivity contribution in [3.8, 4) is 0 Å². The summed E-state index contributed by atoms with van der Waals surface area (Å²) < 4.78 is 51.2. The summed E-state index contributed by atoms with van der Waals surface area (Å²) in [6.07, 6.45) is -7.60. The smallest absolute Gasteiger partial charge is 0.418 e. The molecular formula is C2HF3O4P-. The Labute approximate surface area is 53.2 Å². The minimum absolute atomic E-state index is 2.92. The molecule has 1 fully saturated rings. The number of phosphoric acid groups is 1. The Morgan fingerprint density at radius 2 is 2.10 bits per heavy atom. The summed E-state index contributed by atoms with van der Waals surface area (Å²) in [4.78, 5) is 9.92. The number of hydrogen-bond acceptors (Lipinski definition) is 4. The van der Waals surface area contributed by atoms with Crippen LogP contribution >= 0.6 is 7.82 Å². The van der Waals surface area contributed by atoms with Gasteiger partial charge in [-0.2, -0.15) is 8.78 Å². The van der Waals surface area contributed by atoms with Crippen LogP contribution in [0.4, 0.5) is 13.2 Å². The first kappa shape index (κ1) is 8.00. The highest BCUT2D eigenvalue weighted by Gasteiger charge is 2.54. The van der Waals surface area contributed by atoms with Gasteiger partial charge in [0.05, 0.1) is 0 Å². The molecule has 0 saturated carbocycles. The highest BCUT2D eigenvalue weighted by molar-refractivity contribution is 7.46. The van der Waals surface area contributed by atoms with Crippen LogP contribution < -0.4 is 4.89 Å². The van der Waals surface area contributed by atoms with Gasteiger partial charge in [-0.25, -0.2) is 8.91 Å². The monoisotopic (exact) mass is 177 g/mol. The van der Waals surface area contributed by atoms with E-state index in [0.29, 0.717) is 0 Å². The van der Waals surface area contributed by atoms with Gasteiger partial charge in [0.15, 0.2) is 0 Å². The molecule has 0 amide bonds. The van der Waals surface area contributed by atoms with Gasteiger partial charge in [0, 0.05) is 0 Å². The molecule has 2 unspecified atom stereocenters. The summed E-state index contributed by atoms with van der Waals surface area (Å²) in [6.45, 7) is 0. The molecule has 1 saturated heterocycles. The van der Waals surface area contributed by atoms with Crippen LogP contribution in [0.1, 0.15) is 0 Å².